The lowest BCUT2D eigenvalue weighted by Crippen LogP contribution is -2.24. The predicted molar refractivity (Wildman–Crippen MR) is 115 cm³/mol. The molecule has 2 amide bonds. The molecule has 0 bridgehead atoms. The van der Waals surface area contributed by atoms with E-state index in [0.717, 1.165) is 11.4 Å². The number of rotatable bonds is 8. The Morgan fingerprint density at radius 2 is 1.13 bits per heavy atom. The van der Waals surface area contributed by atoms with Crippen LogP contribution < -0.4 is 10.6 Å². The second kappa shape index (κ2) is 9.51. The Hall–Kier alpha value is -4.24. The second-order valence-electron chi connectivity index (χ2n) is 6.58. The Balaban J connectivity index is 1.19. The fourth-order valence-electron chi connectivity index (χ4n) is 2.87. The molecule has 156 valence electrons. The molecule has 0 saturated carbocycles. The van der Waals surface area contributed by atoms with Gasteiger partial charge in [-0.1, -0.05) is 0 Å². The molecule has 2 N–H and O–H groups in total. The van der Waals surface area contributed by atoms with Crippen molar-refractivity contribution < 1.29 is 14.3 Å². The molecule has 0 aliphatic heterocycles. The van der Waals surface area contributed by atoms with E-state index in [1.807, 2.05) is 48.8 Å². The van der Waals surface area contributed by atoms with Gasteiger partial charge in [0.05, 0.1) is 11.4 Å². The largest absolute Gasteiger partial charge is 0.362 e. The summed E-state index contributed by atoms with van der Waals surface area (Å²) in [6.07, 6.45) is 7.06. The summed E-state index contributed by atoms with van der Waals surface area (Å²) in [5, 5.41) is 13.7. The lowest BCUT2D eigenvalue weighted by Gasteiger charge is -2.09. The average molecular weight is 416 g/mol. The molecule has 2 heterocycles. The van der Waals surface area contributed by atoms with E-state index in [0.29, 0.717) is 11.4 Å². The molecule has 0 radical (unpaired) electrons. The average Bonchev–Trinajstić information content (AvgIpc) is 3.49. The number of aromatic nitrogens is 4. The highest BCUT2D eigenvalue weighted by Gasteiger charge is 2.07. The zero-order valence-electron chi connectivity index (χ0n) is 16.5. The fraction of sp³-hybridized carbons (Fsp3) is 0.0909. The van der Waals surface area contributed by atoms with Crippen molar-refractivity contribution in [2.24, 2.45) is 0 Å². The SMILES string of the molecule is O=C(COCC(=O)Nc1ccc(-n2cccn2)cc1)Nc1ccc(-n2cccn2)cc1. The lowest BCUT2D eigenvalue weighted by molar-refractivity contribution is -0.125. The van der Waals surface area contributed by atoms with Crippen molar-refractivity contribution in [2.75, 3.05) is 23.8 Å². The van der Waals surface area contributed by atoms with Crippen molar-refractivity contribution in [1.82, 2.24) is 19.6 Å². The van der Waals surface area contributed by atoms with E-state index in [4.69, 9.17) is 4.74 Å². The molecule has 0 aliphatic rings. The first-order chi connectivity index (χ1) is 15.2. The predicted octanol–water partition coefficient (Wildman–Crippen LogP) is 2.65. The third-order valence-corrected chi connectivity index (χ3v) is 4.31. The molecule has 31 heavy (non-hydrogen) atoms. The van der Waals surface area contributed by atoms with Crippen LogP contribution in [0.15, 0.2) is 85.5 Å². The van der Waals surface area contributed by atoms with Crippen LogP contribution in [0.5, 0.6) is 0 Å². The van der Waals surface area contributed by atoms with E-state index in [2.05, 4.69) is 20.8 Å². The minimum atomic E-state index is -0.344. The summed E-state index contributed by atoms with van der Waals surface area (Å²) in [5.74, 6) is -0.688. The van der Waals surface area contributed by atoms with Crippen molar-refractivity contribution in [3.63, 3.8) is 0 Å². The Bertz CT molecular complexity index is 1030. The number of nitrogens with one attached hydrogen (secondary N) is 2. The summed E-state index contributed by atoms with van der Waals surface area (Å²) >= 11 is 0. The van der Waals surface area contributed by atoms with Crippen LogP contribution in [0.3, 0.4) is 0 Å². The highest BCUT2D eigenvalue weighted by molar-refractivity contribution is 5.93. The van der Waals surface area contributed by atoms with Crippen LogP contribution in [-0.2, 0) is 14.3 Å². The van der Waals surface area contributed by atoms with Crippen LogP contribution in [0.4, 0.5) is 11.4 Å². The maximum absolute atomic E-state index is 12.0. The molecule has 9 heteroatoms. The first kappa shape index (κ1) is 20.0. The van der Waals surface area contributed by atoms with Crippen LogP contribution in [0, 0.1) is 0 Å². The Morgan fingerprint density at radius 3 is 1.48 bits per heavy atom. The van der Waals surface area contributed by atoms with Gasteiger partial charge in [-0.3, -0.25) is 9.59 Å². The standard InChI is InChI=1S/C22H20N6O3/c29-21(25-17-3-7-19(8-4-17)27-13-1-11-23-27)15-31-16-22(30)26-18-5-9-20(10-6-18)28-14-2-12-24-28/h1-14H,15-16H2,(H,25,29)(H,26,30). The van der Waals surface area contributed by atoms with Gasteiger partial charge in [0.2, 0.25) is 11.8 Å². The molecule has 0 atom stereocenters. The van der Waals surface area contributed by atoms with Crippen LogP contribution in [-0.4, -0.2) is 44.6 Å². The summed E-state index contributed by atoms with van der Waals surface area (Å²) in [5.41, 5.74) is 3.03. The molecule has 0 aliphatic carbocycles. The molecule has 2 aromatic heterocycles. The second-order valence-corrected chi connectivity index (χ2v) is 6.58. The number of hydrogen-bond acceptors (Lipinski definition) is 5. The van der Waals surface area contributed by atoms with Gasteiger partial charge >= 0.3 is 0 Å². The smallest absolute Gasteiger partial charge is 0.250 e. The molecule has 9 nitrogen and oxygen atoms in total. The number of anilines is 2. The third kappa shape index (κ3) is 5.43. The minimum absolute atomic E-state index is 0.230. The first-order valence-electron chi connectivity index (χ1n) is 9.55. The molecule has 2 aromatic carbocycles. The fourth-order valence-corrected chi connectivity index (χ4v) is 2.87. The molecule has 4 rings (SSSR count). The van der Waals surface area contributed by atoms with E-state index in [-0.39, 0.29) is 25.0 Å². The number of benzene rings is 2. The number of carbonyl (C=O) groups is 2. The molecule has 0 fully saturated rings. The van der Waals surface area contributed by atoms with Gasteiger partial charge in [0, 0.05) is 36.2 Å². The molecule has 0 spiro atoms. The van der Waals surface area contributed by atoms with Crippen LogP contribution in [0.2, 0.25) is 0 Å². The summed E-state index contributed by atoms with van der Waals surface area (Å²) in [6.45, 7) is -0.459. The number of ether oxygens (including phenoxy) is 1. The van der Waals surface area contributed by atoms with Crippen molar-refractivity contribution in [3.05, 3.63) is 85.5 Å². The molecular weight excluding hydrogens is 396 g/mol. The summed E-state index contributed by atoms with van der Waals surface area (Å²) in [7, 11) is 0. The van der Waals surface area contributed by atoms with E-state index >= 15 is 0 Å². The number of hydrogen-bond donors (Lipinski definition) is 2. The molecule has 0 saturated heterocycles. The van der Waals surface area contributed by atoms with Crippen molar-refractivity contribution >= 4 is 23.2 Å². The molecule has 0 unspecified atom stereocenters. The number of amides is 2. The maximum Gasteiger partial charge on any atom is 0.250 e. The van der Waals surface area contributed by atoms with Crippen LogP contribution in [0.1, 0.15) is 0 Å². The lowest BCUT2D eigenvalue weighted by atomic mass is 10.3. The van der Waals surface area contributed by atoms with E-state index in [9.17, 15) is 9.59 Å². The highest BCUT2D eigenvalue weighted by Crippen LogP contribution is 2.13. The Morgan fingerprint density at radius 1 is 0.710 bits per heavy atom. The van der Waals surface area contributed by atoms with Gasteiger partial charge in [-0.2, -0.15) is 10.2 Å². The summed E-state index contributed by atoms with van der Waals surface area (Å²) in [4.78, 5) is 24.0. The normalized spacial score (nSPS) is 10.6. The van der Waals surface area contributed by atoms with E-state index in [1.165, 1.54) is 0 Å². The van der Waals surface area contributed by atoms with E-state index in [1.54, 1.807) is 46.0 Å². The highest BCUT2D eigenvalue weighted by atomic mass is 16.5. The molecular formula is C22H20N6O3. The summed E-state index contributed by atoms with van der Waals surface area (Å²) in [6, 6.07) is 18.1. The number of carbonyl (C=O) groups excluding carboxylic acids is 2. The number of nitrogens with zero attached hydrogens (tertiary/aromatic N) is 4. The van der Waals surface area contributed by atoms with Crippen LogP contribution >= 0.6 is 0 Å². The first-order valence-corrected chi connectivity index (χ1v) is 9.55. The van der Waals surface area contributed by atoms with Gasteiger partial charge in [-0.05, 0) is 60.7 Å². The monoisotopic (exact) mass is 416 g/mol. The van der Waals surface area contributed by atoms with Gasteiger partial charge in [0.25, 0.3) is 0 Å². The zero-order valence-corrected chi connectivity index (χ0v) is 16.5. The van der Waals surface area contributed by atoms with Crippen molar-refractivity contribution in [3.8, 4) is 11.4 Å². The van der Waals surface area contributed by atoms with Gasteiger partial charge in [-0.25, -0.2) is 9.36 Å². The quantitative estimate of drug-likeness (QED) is 0.460. The zero-order chi connectivity index (χ0) is 21.5. The Kier molecular flexibility index (Phi) is 6.15. The minimum Gasteiger partial charge on any atom is -0.362 e. The van der Waals surface area contributed by atoms with Gasteiger partial charge in [-0.15, -0.1) is 0 Å². The molecule has 4 aromatic rings. The van der Waals surface area contributed by atoms with Crippen molar-refractivity contribution in [1.29, 1.82) is 0 Å². The van der Waals surface area contributed by atoms with E-state index < -0.39 is 0 Å². The summed E-state index contributed by atoms with van der Waals surface area (Å²) < 4.78 is 8.66. The van der Waals surface area contributed by atoms with Gasteiger partial charge in [0.1, 0.15) is 13.2 Å². The van der Waals surface area contributed by atoms with Gasteiger partial charge < -0.3 is 15.4 Å². The third-order valence-electron chi connectivity index (χ3n) is 4.31. The maximum atomic E-state index is 12.0. The van der Waals surface area contributed by atoms with Crippen molar-refractivity contribution in [2.45, 2.75) is 0 Å². The van der Waals surface area contributed by atoms with Crippen LogP contribution in [0.25, 0.3) is 11.4 Å². The topological polar surface area (TPSA) is 103 Å². The van der Waals surface area contributed by atoms with Gasteiger partial charge in [0.15, 0.2) is 0 Å². The Labute approximate surface area is 178 Å².